The van der Waals surface area contributed by atoms with Gasteiger partial charge in [0.25, 0.3) is 0 Å². The van der Waals surface area contributed by atoms with E-state index in [1.165, 1.54) is 0 Å². The summed E-state index contributed by atoms with van der Waals surface area (Å²) in [6, 6.07) is 4.15. The Bertz CT molecular complexity index is 609. The van der Waals surface area contributed by atoms with Crippen LogP contribution in [0.1, 0.15) is 24.8 Å². The molecule has 2 amide bonds. The van der Waals surface area contributed by atoms with Gasteiger partial charge in [0.15, 0.2) is 0 Å². The highest BCUT2D eigenvalue weighted by Gasteiger charge is 2.43. The second kappa shape index (κ2) is 7.93. The molecule has 7 nitrogen and oxygen atoms in total. The SMILES string of the molecule is CN1CCC2C1C(=O)NCC(CCC(=O)NCc1cccnc1)N2C. The van der Waals surface area contributed by atoms with E-state index in [-0.39, 0.29) is 29.9 Å². The van der Waals surface area contributed by atoms with Crippen LogP contribution in [0.2, 0.25) is 0 Å². The summed E-state index contributed by atoms with van der Waals surface area (Å²) >= 11 is 0. The number of carbonyl (C=O) groups excluding carboxylic acids is 2. The fourth-order valence-corrected chi connectivity index (χ4v) is 3.86. The van der Waals surface area contributed by atoms with E-state index in [1.807, 2.05) is 19.2 Å². The number of pyridine rings is 1. The summed E-state index contributed by atoms with van der Waals surface area (Å²) < 4.78 is 0. The van der Waals surface area contributed by atoms with Crippen molar-refractivity contribution in [2.45, 2.75) is 43.9 Å². The van der Waals surface area contributed by atoms with Gasteiger partial charge in [-0.25, -0.2) is 0 Å². The number of hydrogen-bond donors (Lipinski definition) is 2. The molecule has 0 bridgehead atoms. The number of hydrogen-bond acceptors (Lipinski definition) is 5. The zero-order valence-electron chi connectivity index (χ0n) is 14.9. The normalized spacial score (nSPS) is 27.4. The molecule has 2 aliphatic rings. The van der Waals surface area contributed by atoms with Crippen molar-refractivity contribution in [1.29, 1.82) is 0 Å². The maximum absolute atomic E-state index is 12.3. The number of fused-ring (bicyclic) bond motifs is 1. The van der Waals surface area contributed by atoms with Crippen molar-refractivity contribution in [1.82, 2.24) is 25.4 Å². The number of carbonyl (C=O) groups is 2. The summed E-state index contributed by atoms with van der Waals surface area (Å²) in [4.78, 5) is 32.9. The third kappa shape index (κ3) is 4.16. The van der Waals surface area contributed by atoms with Crippen LogP contribution in [0.25, 0.3) is 0 Å². The monoisotopic (exact) mass is 345 g/mol. The van der Waals surface area contributed by atoms with Crippen LogP contribution < -0.4 is 10.6 Å². The number of nitrogens with one attached hydrogen (secondary N) is 2. The van der Waals surface area contributed by atoms with Gasteiger partial charge in [0, 0.05) is 50.5 Å². The van der Waals surface area contributed by atoms with Gasteiger partial charge in [0.2, 0.25) is 11.8 Å². The lowest BCUT2D eigenvalue weighted by molar-refractivity contribution is -0.125. The third-order valence-corrected chi connectivity index (χ3v) is 5.41. The lowest BCUT2D eigenvalue weighted by Crippen LogP contribution is -2.48. The molecular weight excluding hydrogens is 318 g/mol. The maximum Gasteiger partial charge on any atom is 0.239 e. The predicted molar refractivity (Wildman–Crippen MR) is 94.7 cm³/mol. The van der Waals surface area contributed by atoms with Crippen molar-refractivity contribution in [3.63, 3.8) is 0 Å². The molecule has 1 aromatic heterocycles. The highest BCUT2D eigenvalue weighted by Crippen LogP contribution is 2.25. The summed E-state index contributed by atoms with van der Waals surface area (Å²) in [6.45, 7) is 2.04. The Labute approximate surface area is 148 Å². The minimum absolute atomic E-state index is 0.0351. The van der Waals surface area contributed by atoms with Crippen molar-refractivity contribution < 1.29 is 9.59 Å². The number of aromatic nitrogens is 1. The van der Waals surface area contributed by atoms with Crippen LogP contribution >= 0.6 is 0 Å². The molecule has 25 heavy (non-hydrogen) atoms. The van der Waals surface area contributed by atoms with Gasteiger partial charge in [-0.2, -0.15) is 0 Å². The van der Waals surface area contributed by atoms with Crippen molar-refractivity contribution in [3.05, 3.63) is 30.1 Å². The first-order chi connectivity index (χ1) is 12.1. The Balaban J connectivity index is 1.50. The van der Waals surface area contributed by atoms with E-state index in [2.05, 4.69) is 32.5 Å². The fourth-order valence-electron chi connectivity index (χ4n) is 3.86. The largest absolute Gasteiger partial charge is 0.353 e. The average molecular weight is 345 g/mol. The summed E-state index contributed by atoms with van der Waals surface area (Å²) in [5.41, 5.74) is 0.992. The van der Waals surface area contributed by atoms with Gasteiger partial charge in [-0.1, -0.05) is 6.07 Å². The highest BCUT2D eigenvalue weighted by atomic mass is 16.2. The maximum atomic E-state index is 12.3. The highest BCUT2D eigenvalue weighted by molar-refractivity contribution is 5.83. The number of nitrogens with zero attached hydrogens (tertiary/aromatic N) is 3. The Hall–Kier alpha value is -1.99. The van der Waals surface area contributed by atoms with Crippen molar-refractivity contribution >= 4 is 11.8 Å². The van der Waals surface area contributed by atoms with Gasteiger partial charge >= 0.3 is 0 Å². The molecule has 2 fully saturated rings. The van der Waals surface area contributed by atoms with Gasteiger partial charge in [-0.05, 0) is 38.6 Å². The molecule has 2 aliphatic heterocycles. The number of likely N-dealkylation sites (tertiary alicyclic amines) is 1. The molecule has 3 rings (SSSR count). The Kier molecular flexibility index (Phi) is 5.65. The Morgan fingerprint density at radius 1 is 1.44 bits per heavy atom. The van der Waals surface area contributed by atoms with Crippen LogP contribution in [-0.2, 0) is 16.1 Å². The zero-order chi connectivity index (χ0) is 17.8. The molecule has 0 aromatic carbocycles. The van der Waals surface area contributed by atoms with E-state index < -0.39 is 0 Å². The van der Waals surface area contributed by atoms with Gasteiger partial charge < -0.3 is 10.6 Å². The first kappa shape index (κ1) is 17.8. The summed E-state index contributed by atoms with van der Waals surface area (Å²) in [7, 11) is 4.08. The molecule has 3 atom stereocenters. The standard InChI is InChI=1S/C18H27N5O2/c1-22-9-7-15-17(22)18(25)21-12-14(23(15)2)5-6-16(24)20-11-13-4-3-8-19-10-13/h3-4,8,10,14-15,17H,5-7,9,11-12H2,1-2H3,(H,20,24)(H,21,25). The lowest BCUT2D eigenvalue weighted by Gasteiger charge is -2.32. The van der Waals surface area contributed by atoms with Crippen LogP contribution in [0, 0.1) is 0 Å². The molecule has 2 saturated heterocycles. The van der Waals surface area contributed by atoms with Gasteiger partial charge in [-0.3, -0.25) is 24.4 Å². The molecule has 136 valence electrons. The van der Waals surface area contributed by atoms with Crippen molar-refractivity contribution in [3.8, 4) is 0 Å². The van der Waals surface area contributed by atoms with Crippen molar-refractivity contribution in [2.75, 3.05) is 27.2 Å². The predicted octanol–water partition coefficient (Wildman–Crippen LogP) is -0.0191. The first-order valence-electron chi connectivity index (χ1n) is 8.91. The second-order valence-electron chi connectivity index (χ2n) is 7.02. The van der Waals surface area contributed by atoms with E-state index in [1.54, 1.807) is 12.4 Å². The number of likely N-dealkylation sites (N-methyl/N-ethyl adjacent to an activating group) is 2. The topological polar surface area (TPSA) is 77.6 Å². The van der Waals surface area contributed by atoms with Crippen LogP contribution in [0.15, 0.2) is 24.5 Å². The molecular formula is C18H27N5O2. The molecule has 0 aliphatic carbocycles. The van der Waals surface area contributed by atoms with Crippen LogP contribution in [0.4, 0.5) is 0 Å². The minimum Gasteiger partial charge on any atom is -0.353 e. The molecule has 3 unspecified atom stereocenters. The number of rotatable bonds is 5. The first-order valence-corrected chi connectivity index (χ1v) is 8.91. The average Bonchev–Trinajstić information content (AvgIpc) is 2.96. The minimum atomic E-state index is -0.0746. The second-order valence-corrected chi connectivity index (χ2v) is 7.02. The summed E-state index contributed by atoms with van der Waals surface area (Å²) in [5, 5.41) is 5.98. The quantitative estimate of drug-likeness (QED) is 0.784. The van der Waals surface area contributed by atoms with Crippen LogP contribution in [0.5, 0.6) is 0 Å². The van der Waals surface area contributed by atoms with Crippen LogP contribution in [-0.4, -0.2) is 71.9 Å². The van der Waals surface area contributed by atoms with Gasteiger partial charge in [-0.15, -0.1) is 0 Å². The third-order valence-electron chi connectivity index (χ3n) is 5.41. The zero-order valence-corrected chi connectivity index (χ0v) is 14.9. The molecule has 2 N–H and O–H groups in total. The van der Waals surface area contributed by atoms with E-state index in [0.29, 0.717) is 19.5 Å². The molecule has 3 heterocycles. The lowest BCUT2D eigenvalue weighted by atomic mass is 10.0. The molecule has 0 radical (unpaired) electrons. The van der Waals surface area contributed by atoms with Crippen molar-refractivity contribution in [2.24, 2.45) is 0 Å². The number of amides is 2. The summed E-state index contributed by atoms with van der Waals surface area (Å²) in [6.07, 6.45) is 5.66. The molecule has 7 heteroatoms. The van der Waals surface area contributed by atoms with Gasteiger partial charge in [0.05, 0.1) is 0 Å². The Morgan fingerprint density at radius 2 is 2.28 bits per heavy atom. The molecule has 1 aromatic rings. The Morgan fingerprint density at radius 3 is 3.04 bits per heavy atom. The van der Waals surface area contributed by atoms with Crippen LogP contribution in [0.3, 0.4) is 0 Å². The molecule has 0 spiro atoms. The molecule has 0 saturated carbocycles. The van der Waals surface area contributed by atoms with Gasteiger partial charge in [0.1, 0.15) is 6.04 Å². The smallest absolute Gasteiger partial charge is 0.239 e. The summed E-state index contributed by atoms with van der Waals surface area (Å²) in [5.74, 6) is 0.147. The van der Waals surface area contributed by atoms with E-state index in [4.69, 9.17) is 0 Å². The fraction of sp³-hybridized carbons (Fsp3) is 0.611. The van der Waals surface area contributed by atoms with E-state index >= 15 is 0 Å². The van der Waals surface area contributed by atoms with E-state index in [0.717, 1.165) is 24.9 Å². The van der Waals surface area contributed by atoms with E-state index in [9.17, 15) is 9.59 Å².